The number of halogens is 1. The Bertz CT molecular complexity index is 1250. The Morgan fingerprint density at radius 1 is 1.12 bits per heavy atom. The van der Waals surface area contributed by atoms with Crippen LogP contribution in [-0.2, 0) is 20.1 Å². The van der Waals surface area contributed by atoms with E-state index in [0.717, 1.165) is 10.1 Å². The smallest absolute Gasteiger partial charge is 0.332 e. The summed E-state index contributed by atoms with van der Waals surface area (Å²) >= 11 is 0. The number of benzene rings is 2. The van der Waals surface area contributed by atoms with E-state index in [0.29, 0.717) is 11.7 Å². The molecule has 34 heavy (non-hydrogen) atoms. The zero-order chi connectivity index (χ0) is 24.7. The number of nitrogens with one attached hydrogen (secondary N) is 1. The summed E-state index contributed by atoms with van der Waals surface area (Å²) in [6.45, 7) is 4.32. The predicted molar refractivity (Wildman–Crippen MR) is 131 cm³/mol. The van der Waals surface area contributed by atoms with Crippen molar-refractivity contribution < 1.29 is 14.2 Å². The van der Waals surface area contributed by atoms with Gasteiger partial charge in [-0.05, 0) is 47.7 Å². The Kier molecular flexibility index (Phi) is 8.37. The molecule has 8 nitrogen and oxygen atoms in total. The quantitative estimate of drug-likeness (QED) is 0.350. The molecular weight excluding hydrogens is 439 g/mol. The lowest BCUT2D eigenvalue weighted by Crippen LogP contribution is -2.40. The van der Waals surface area contributed by atoms with E-state index in [2.05, 4.69) is 24.2 Å². The molecule has 2 aromatic carbocycles. The van der Waals surface area contributed by atoms with Gasteiger partial charge in [0.05, 0.1) is 0 Å². The van der Waals surface area contributed by atoms with Gasteiger partial charge in [-0.1, -0.05) is 38.1 Å². The molecule has 0 bridgehead atoms. The highest BCUT2D eigenvalue weighted by molar-refractivity contribution is 5.67. The van der Waals surface area contributed by atoms with Gasteiger partial charge in [0.2, 0.25) is 0 Å². The lowest BCUT2D eigenvalue weighted by molar-refractivity contribution is 0.277. The average Bonchev–Trinajstić information content (AvgIpc) is 2.83. The molecule has 2 N–H and O–H groups in total. The first kappa shape index (κ1) is 24.9. The van der Waals surface area contributed by atoms with E-state index in [4.69, 9.17) is 9.84 Å². The van der Waals surface area contributed by atoms with Crippen molar-refractivity contribution in [1.82, 2.24) is 9.13 Å². The second-order valence-electron chi connectivity index (χ2n) is 8.13. The van der Waals surface area contributed by atoms with E-state index in [-0.39, 0.29) is 43.4 Å². The number of aliphatic hydroxyl groups is 1. The normalized spacial score (nSPS) is 11.4. The highest BCUT2D eigenvalue weighted by Gasteiger charge is 2.17. The molecule has 0 radical (unpaired) electrons. The third-order valence-electron chi connectivity index (χ3n) is 5.35. The lowest BCUT2D eigenvalue weighted by atomic mass is 10.0. The Morgan fingerprint density at radius 2 is 1.79 bits per heavy atom. The van der Waals surface area contributed by atoms with Crippen LogP contribution in [0.2, 0.25) is 0 Å². The van der Waals surface area contributed by atoms with Crippen molar-refractivity contribution >= 4 is 17.9 Å². The summed E-state index contributed by atoms with van der Waals surface area (Å²) < 4.78 is 21.1. The van der Waals surface area contributed by atoms with Crippen molar-refractivity contribution in [1.29, 1.82) is 0 Å². The SMILES string of the molecule is CC(C)c1ccc(OC=Nc2c(NCc3ccc(F)cc3)c(=O)n(CCCO)c(=O)n2C)cc1. The number of nitrogens with zero attached hydrogens (tertiary/aromatic N) is 3. The Balaban J connectivity index is 1.92. The number of aliphatic hydroxyl groups excluding tert-OH is 1. The first-order chi connectivity index (χ1) is 16.3. The second-order valence-corrected chi connectivity index (χ2v) is 8.13. The molecule has 180 valence electrons. The van der Waals surface area contributed by atoms with Gasteiger partial charge in [-0.25, -0.2) is 9.18 Å². The van der Waals surface area contributed by atoms with Crippen LogP contribution in [0.1, 0.15) is 37.3 Å². The minimum atomic E-state index is -0.563. The van der Waals surface area contributed by atoms with Crippen molar-refractivity contribution in [3.05, 3.63) is 86.3 Å². The molecule has 0 saturated carbocycles. The number of hydrogen-bond acceptors (Lipinski definition) is 6. The summed E-state index contributed by atoms with van der Waals surface area (Å²) in [6.07, 6.45) is 1.43. The molecule has 0 saturated heterocycles. The van der Waals surface area contributed by atoms with Crippen LogP contribution in [0.25, 0.3) is 0 Å². The van der Waals surface area contributed by atoms with E-state index < -0.39 is 11.2 Å². The third-order valence-corrected chi connectivity index (χ3v) is 5.35. The molecule has 9 heteroatoms. The van der Waals surface area contributed by atoms with Gasteiger partial charge in [-0.3, -0.25) is 13.9 Å². The molecule has 0 aliphatic heterocycles. The zero-order valence-corrected chi connectivity index (χ0v) is 19.5. The fourth-order valence-electron chi connectivity index (χ4n) is 3.35. The van der Waals surface area contributed by atoms with Crippen molar-refractivity contribution in [3.8, 4) is 5.75 Å². The van der Waals surface area contributed by atoms with Crippen LogP contribution in [0.4, 0.5) is 15.9 Å². The molecule has 0 spiro atoms. The van der Waals surface area contributed by atoms with E-state index in [1.807, 2.05) is 24.3 Å². The molecular formula is C25H29FN4O4. The maximum Gasteiger partial charge on any atom is 0.332 e. The van der Waals surface area contributed by atoms with E-state index in [1.54, 1.807) is 12.1 Å². The predicted octanol–water partition coefficient (Wildman–Crippen LogP) is 3.54. The standard InChI is InChI=1S/C25H29FN4O4/c1-17(2)19-7-11-21(12-8-19)34-16-28-23-22(27-15-18-5-9-20(26)10-6-18)24(32)30(13-4-14-31)25(33)29(23)3/h5-12,16-17,27,31H,4,13-15H2,1-3H3. The highest BCUT2D eigenvalue weighted by Crippen LogP contribution is 2.21. The minimum absolute atomic E-state index is 0.0654. The van der Waals surface area contributed by atoms with Crippen LogP contribution in [0.15, 0.2) is 63.1 Å². The van der Waals surface area contributed by atoms with Gasteiger partial charge in [-0.15, -0.1) is 0 Å². The molecule has 1 heterocycles. The molecule has 1 aromatic heterocycles. The van der Waals surface area contributed by atoms with Crippen LogP contribution in [0.5, 0.6) is 5.75 Å². The van der Waals surface area contributed by atoms with Crippen molar-refractivity contribution in [2.75, 3.05) is 11.9 Å². The summed E-state index contributed by atoms with van der Waals surface area (Å²) in [5.41, 5.74) is 0.893. The number of rotatable bonds is 10. The van der Waals surface area contributed by atoms with Crippen molar-refractivity contribution in [2.45, 2.75) is 39.3 Å². The minimum Gasteiger partial charge on any atom is -0.446 e. The maximum atomic E-state index is 13.2. The van der Waals surface area contributed by atoms with E-state index in [1.165, 1.54) is 35.7 Å². The monoisotopic (exact) mass is 468 g/mol. The first-order valence-electron chi connectivity index (χ1n) is 11.0. The van der Waals surface area contributed by atoms with Crippen LogP contribution in [0, 0.1) is 5.82 Å². The maximum absolute atomic E-state index is 13.2. The molecule has 0 aliphatic carbocycles. The number of anilines is 1. The number of hydrogen-bond donors (Lipinski definition) is 2. The summed E-state index contributed by atoms with van der Waals surface area (Å²) in [6, 6.07) is 13.4. The molecule has 0 fully saturated rings. The fraction of sp³-hybridized carbons (Fsp3) is 0.320. The lowest BCUT2D eigenvalue weighted by Gasteiger charge is -2.15. The topological polar surface area (TPSA) is 97.8 Å². The van der Waals surface area contributed by atoms with Crippen LogP contribution < -0.4 is 21.3 Å². The zero-order valence-electron chi connectivity index (χ0n) is 19.5. The van der Waals surface area contributed by atoms with Crippen LogP contribution in [-0.4, -0.2) is 27.2 Å². The van der Waals surface area contributed by atoms with E-state index >= 15 is 0 Å². The van der Waals surface area contributed by atoms with Gasteiger partial charge in [-0.2, -0.15) is 4.99 Å². The first-order valence-corrected chi connectivity index (χ1v) is 11.0. The summed E-state index contributed by atoms with van der Waals surface area (Å²) in [5, 5.41) is 12.2. The van der Waals surface area contributed by atoms with Gasteiger partial charge >= 0.3 is 5.69 Å². The van der Waals surface area contributed by atoms with Gasteiger partial charge in [0.25, 0.3) is 5.56 Å². The Hall–Kier alpha value is -3.72. The van der Waals surface area contributed by atoms with Gasteiger partial charge in [0.15, 0.2) is 12.2 Å². The van der Waals surface area contributed by atoms with Crippen LogP contribution >= 0.6 is 0 Å². The highest BCUT2D eigenvalue weighted by atomic mass is 19.1. The number of ether oxygens (including phenoxy) is 1. The Morgan fingerprint density at radius 3 is 2.41 bits per heavy atom. The number of aliphatic imine (C=N–C) groups is 1. The van der Waals surface area contributed by atoms with Crippen molar-refractivity contribution in [2.24, 2.45) is 12.0 Å². The molecule has 0 aliphatic rings. The van der Waals surface area contributed by atoms with Gasteiger partial charge in [0.1, 0.15) is 17.3 Å². The summed E-state index contributed by atoms with van der Waals surface area (Å²) in [5.74, 6) is 0.691. The van der Waals surface area contributed by atoms with Gasteiger partial charge < -0.3 is 15.2 Å². The molecule has 0 amide bonds. The third kappa shape index (κ3) is 5.99. The summed E-state index contributed by atoms with van der Waals surface area (Å²) in [7, 11) is 1.50. The molecule has 0 unspecified atom stereocenters. The largest absolute Gasteiger partial charge is 0.446 e. The second kappa shape index (κ2) is 11.4. The van der Waals surface area contributed by atoms with Crippen molar-refractivity contribution in [3.63, 3.8) is 0 Å². The van der Waals surface area contributed by atoms with Crippen LogP contribution in [0.3, 0.4) is 0 Å². The molecule has 0 atom stereocenters. The molecule has 3 rings (SSSR count). The summed E-state index contributed by atoms with van der Waals surface area (Å²) in [4.78, 5) is 30.1. The number of aromatic nitrogens is 2. The van der Waals surface area contributed by atoms with E-state index in [9.17, 15) is 14.0 Å². The molecule has 3 aromatic rings. The fourth-order valence-corrected chi connectivity index (χ4v) is 3.35. The van der Waals surface area contributed by atoms with Gasteiger partial charge in [0, 0.05) is 26.7 Å². The average molecular weight is 469 g/mol. The Labute approximate surface area is 197 Å².